The van der Waals surface area contributed by atoms with Crippen LogP contribution < -0.4 is 9.80 Å². The Morgan fingerprint density at radius 2 is 0.896 bits per heavy atom. The third-order valence-electron chi connectivity index (χ3n) is 9.73. The van der Waals surface area contributed by atoms with Crippen molar-refractivity contribution in [3.63, 3.8) is 0 Å². The van der Waals surface area contributed by atoms with E-state index in [4.69, 9.17) is 4.98 Å². The number of hydrogen-bond donors (Lipinski definition) is 0. The molecule has 1 aliphatic rings. The van der Waals surface area contributed by atoms with E-state index in [1.54, 1.807) is 6.33 Å². The molecule has 1 aliphatic heterocycles. The summed E-state index contributed by atoms with van der Waals surface area (Å²) in [6.07, 6.45) is 3.61. The first-order valence-corrected chi connectivity index (χ1v) is 16.4. The molecule has 0 saturated carbocycles. The van der Waals surface area contributed by atoms with Gasteiger partial charge in [-0.2, -0.15) is 0 Å². The van der Waals surface area contributed by atoms with Crippen molar-refractivity contribution < 1.29 is 0 Å². The minimum atomic E-state index is 0.788. The van der Waals surface area contributed by atoms with Crippen LogP contribution in [-0.2, 0) is 0 Å². The fourth-order valence-electron chi connectivity index (χ4n) is 7.63. The minimum absolute atomic E-state index is 0.788. The van der Waals surface area contributed by atoms with Gasteiger partial charge in [-0.15, -0.1) is 0 Å². The summed E-state index contributed by atoms with van der Waals surface area (Å²) in [6.45, 7) is 1.59. The lowest BCUT2D eigenvalue weighted by Gasteiger charge is -2.37. The molecule has 0 spiro atoms. The van der Waals surface area contributed by atoms with E-state index >= 15 is 0 Å². The molecule has 0 atom stereocenters. The molecular formula is C42H30N6. The maximum Gasteiger partial charge on any atom is 0.160 e. The molecule has 10 rings (SSSR count). The monoisotopic (exact) mass is 618 g/mol. The summed E-state index contributed by atoms with van der Waals surface area (Å²) in [5, 5.41) is 4.94. The van der Waals surface area contributed by atoms with Gasteiger partial charge in [0.2, 0.25) is 0 Å². The fraction of sp³-hybridized carbons (Fsp3) is 0.0476. The molecule has 0 N–H and O–H groups in total. The lowest BCUT2D eigenvalue weighted by molar-refractivity contribution is 0.826. The van der Waals surface area contributed by atoms with Gasteiger partial charge in [-0.1, -0.05) is 72.8 Å². The number of anilines is 4. The second-order valence-corrected chi connectivity index (χ2v) is 12.3. The first-order valence-electron chi connectivity index (χ1n) is 16.4. The molecule has 6 heteroatoms. The number of nitrogens with zero attached hydrogens (tertiary/aromatic N) is 6. The molecule has 0 aliphatic carbocycles. The maximum absolute atomic E-state index is 4.87. The Morgan fingerprint density at radius 1 is 0.417 bits per heavy atom. The van der Waals surface area contributed by atoms with E-state index in [1.807, 2.05) is 6.20 Å². The largest absolute Gasteiger partial charge is 0.335 e. The standard InChI is InChI=1S/C42H30N6/c1-3-11-29(12-4-1)47-37-17-9-7-15-33(37)35-25-31(19-21-39(35)47)45-23-24-46(42-41(45)27-43-28-44-42)32-20-22-40-36(26-32)34-16-8-10-18-38(34)48(40)30-13-5-2-6-14-30/h1-22,25-28H,23-24H2. The van der Waals surface area contributed by atoms with E-state index in [1.165, 1.54) is 43.6 Å². The van der Waals surface area contributed by atoms with E-state index < -0.39 is 0 Å². The summed E-state index contributed by atoms with van der Waals surface area (Å²) in [7, 11) is 0. The Labute approximate surface area is 277 Å². The second kappa shape index (κ2) is 10.6. The molecule has 0 bridgehead atoms. The van der Waals surface area contributed by atoms with Crippen molar-refractivity contribution >= 4 is 66.5 Å². The van der Waals surface area contributed by atoms with Crippen molar-refractivity contribution in [3.8, 4) is 11.4 Å². The number of fused-ring (bicyclic) bond motifs is 7. The smallest absolute Gasteiger partial charge is 0.160 e. The molecule has 0 fully saturated rings. The highest BCUT2D eigenvalue weighted by atomic mass is 15.3. The molecule has 9 aromatic rings. The average Bonchev–Trinajstić information content (AvgIpc) is 3.67. The minimum Gasteiger partial charge on any atom is -0.335 e. The Morgan fingerprint density at radius 3 is 1.48 bits per heavy atom. The predicted molar refractivity (Wildman–Crippen MR) is 198 cm³/mol. The highest BCUT2D eigenvalue weighted by molar-refractivity contribution is 6.11. The summed E-state index contributed by atoms with van der Waals surface area (Å²) < 4.78 is 4.71. The van der Waals surface area contributed by atoms with Crippen LogP contribution in [0, 0.1) is 0 Å². The van der Waals surface area contributed by atoms with E-state index in [9.17, 15) is 0 Å². The van der Waals surface area contributed by atoms with Crippen molar-refractivity contribution in [2.75, 3.05) is 22.9 Å². The summed E-state index contributed by atoms with van der Waals surface area (Å²) in [4.78, 5) is 14.1. The quantitative estimate of drug-likeness (QED) is 0.197. The van der Waals surface area contributed by atoms with Gasteiger partial charge in [0.15, 0.2) is 5.82 Å². The van der Waals surface area contributed by atoms with Gasteiger partial charge in [-0.25, -0.2) is 9.97 Å². The molecular weight excluding hydrogens is 589 g/mol. The SMILES string of the molecule is c1ccc(-n2c3ccccc3c3cc(N4CCN(c5ccc6c(c5)c5ccccc5n6-c5ccccc5)c5ncncc54)ccc32)cc1. The zero-order valence-electron chi connectivity index (χ0n) is 26.1. The Balaban J connectivity index is 1.08. The van der Waals surface area contributed by atoms with Gasteiger partial charge in [0.1, 0.15) is 12.0 Å². The van der Waals surface area contributed by atoms with Gasteiger partial charge < -0.3 is 18.9 Å². The zero-order valence-corrected chi connectivity index (χ0v) is 26.1. The van der Waals surface area contributed by atoms with Crippen molar-refractivity contribution in [1.82, 2.24) is 19.1 Å². The average molecular weight is 619 g/mol. The van der Waals surface area contributed by atoms with Crippen LogP contribution in [0.15, 0.2) is 158 Å². The van der Waals surface area contributed by atoms with Crippen molar-refractivity contribution in [1.29, 1.82) is 0 Å². The fourth-order valence-corrected chi connectivity index (χ4v) is 7.63. The Kier molecular flexibility index (Phi) is 5.90. The highest BCUT2D eigenvalue weighted by Gasteiger charge is 2.27. The molecule has 0 unspecified atom stereocenters. The summed E-state index contributed by atoms with van der Waals surface area (Å²) in [5.41, 5.74) is 10.4. The molecule has 48 heavy (non-hydrogen) atoms. The van der Waals surface area contributed by atoms with E-state index in [0.717, 1.165) is 47.3 Å². The molecule has 228 valence electrons. The van der Waals surface area contributed by atoms with Gasteiger partial charge >= 0.3 is 0 Å². The summed E-state index contributed by atoms with van der Waals surface area (Å²) in [5.74, 6) is 0.911. The third-order valence-corrected chi connectivity index (χ3v) is 9.73. The van der Waals surface area contributed by atoms with E-state index in [2.05, 4.69) is 170 Å². The second-order valence-electron chi connectivity index (χ2n) is 12.3. The molecule has 3 aromatic heterocycles. The van der Waals surface area contributed by atoms with Gasteiger partial charge in [-0.05, 0) is 72.8 Å². The predicted octanol–water partition coefficient (Wildman–Crippen LogP) is 9.96. The van der Waals surface area contributed by atoms with Gasteiger partial charge in [0.05, 0.1) is 28.3 Å². The van der Waals surface area contributed by atoms with Crippen LogP contribution in [0.3, 0.4) is 0 Å². The van der Waals surface area contributed by atoms with Crippen molar-refractivity contribution in [2.45, 2.75) is 0 Å². The lowest BCUT2D eigenvalue weighted by Crippen LogP contribution is -2.37. The lowest BCUT2D eigenvalue weighted by atomic mass is 10.1. The van der Waals surface area contributed by atoms with Crippen molar-refractivity contribution in [2.24, 2.45) is 0 Å². The van der Waals surface area contributed by atoms with Crippen LogP contribution in [0.1, 0.15) is 0 Å². The number of benzene rings is 6. The Bertz CT molecular complexity index is 2450. The number of hydrogen-bond acceptors (Lipinski definition) is 4. The molecule has 4 heterocycles. The normalized spacial score (nSPS) is 13.2. The van der Waals surface area contributed by atoms with Crippen LogP contribution in [0.25, 0.3) is 55.0 Å². The topological polar surface area (TPSA) is 42.1 Å². The third kappa shape index (κ3) is 3.99. The van der Waals surface area contributed by atoms with Gasteiger partial charge in [0, 0.05) is 57.4 Å². The van der Waals surface area contributed by atoms with Crippen LogP contribution in [0.4, 0.5) is 22.9 Å². The van der Waals surface area contributed by atoms with Gasteiger partial charge in [0.25, 0.3) is 0 Å². The first-order chi connectivity index (χ1) is 23.8. The maximum atomic E-state index is 4.87. The molecule has 0 radical (unpaired) electrons. The zero-order chi connectivity index (χ0) is 31.6. The first kappa shape index (κ1) is 26.8. The van der Waals surface area contributed by atoms with Gasteiger partial charge in [-0.3, -0.25) is 0 Å². The Hall–Kier alpha value is -6.40. The van der Waals surface area contributed by atoms with Crippen LogP contribution in [0.5, 0.6) is 0 Å². The summed E-state index contributed by atoms with van der Waals surface area (Å²) in [6, 6.07) is 52.2. The van der Waals surface area contributed by atoms with Crippen LogP contribution >= 0.6 is 0 Å². The van der Waals surface area contributed by atoms with E-state index in [-0.39, 0.29) is 0 Å². The number of para-hydroxylation sites is 4. The summed E-state index contributed by atoms with van der Waals surface area (Å²) >= 11 is 0. The van der Waals surface area contributed by atoms with Crippen LogP contribution in [-0.4, -0.2) is 32.2 Å². The van der Waals surface area contributed by atoms with Crippen molar-refractivity contribution in [3.05, 3.63) is 158 Å². The molecule has 0 amide bonds. The number of rotatable bonds is 4. The molecule has 6 nitrogen and oxygen atoms in total. The van der Waals surface area contributed by atoms with E-state index in [0.29, 0.717) is 0 Å². The molecule has 6 aromatic carbocycles. The number of aromatic nitrogens is 4. The highest BCUT2D eigenvalue weighted by Crippen LogP contribution is 2.43. The van der Waals surface area contributed by atoms with Crippen LogP contribution in [0.2, 0.25) is 0 Å². The molecule has 0 saturated heterocycles.